The molecule has 1 rings (SSSR count). The van der Waals surface area contributed by atoms with E-state index in [2.05, 4.69) is 15.0 Å². The smallest absolute Gasteiger partial charge is 0.306 e. The molecule has 0 aliphatic heterocycles. The van der Waals surface area contributed by atoms with Gasteiger partial charge in [0.25, 0.3) is 0 Å². The van der Waals surface area contributed by atoms with Gasteiger partial charge in [0.05, 0.1) is 19.9 Å². The van der Waals surface area contributed by atoms with E-state index in [-0.39, 0.29) is 24.7 Å². The van der Waals surface area contributed by atoms with Crippen LogP contribution < -0.4 is 5.32 Å². The second kappa shape index (κ2) is 7.43. The molecule has 0 radical (unpaired) electrons. The fourth-order valence-electron chi connectivity index (χ4n) is 1.31. The molecule has 1 heterocycles. The highest BCUT2D eigenvalue weighted by atomic mass is 16.5. The highest BCUT2D eigenvalue weighted by molar-refractivity contribution is 5.81. The highest BCUT2D eigenvalue weighted by Gasteiger charge is 2.05. The Hall–Kier alpha value is -1.85. The number of hydrogen-bond acceptors (Lipinski definition) is 4. The van der Waals surface area contributed by atoms with Crippen molar-refractivity contribution < 1.29 is 14.3 Å². The molecule has 0 saturated heterocycles. The van der Waals surface area contributed by atoms with Crippen LogP contribution >= 0.6 is 0 Å². The Bertz CT molecular complexity index is 349. The summed E-state index contributed by atoms with van der Waals surface area (Å²) in [4.78, 5) is 26.0. The van der Waals surface area contributed by atoms with Crippen LogP contribution in [0.4, 0.5) is 0 Å². The van der Waals surface area contributed by atoms with Crippen molar-refractivity contribution in [2.45, 2.75) is 25.8 Å². The zero-order chi connectivity index (χ0) is 12.5. The first-order chi connectivity index (χ1) is 8.22. The molecule has 6 nitrogen and oxygen atoms in total. The van der Waals surface area contributed by atoms with E-state index < -0.39 is 0 Å². The predicted molar refractivity (Wildman–Crippen MR) is 61.1 cm³/mol. The highest BCUT2D eigenvalue weighted by Crippen LogP contribution is 1.93. The van der Waals surface area contributed by atoms with Gasteiger partial charge in [0.2, 0.25) is 5.91 Å². The lowest BCUT2D eigenvalue weighted by atomic mass is 10.3. The summed E-state index contributed by atoms with van der Waals surface area (Å²) < 4.78 is 6.39. The quantitative estimate of drug-likeness (QED) is 0.550. The van der Waals surface area contributed by atoms with Gasteiger partial charge >= 0.3 is 5.97 Å². The van der Waals surface area contributed by atoms with E-state index in [9.17, 15) is 9.59 Å². The van der Waals surface area contributed by atoms with E-state index in [1.807, 2.05) is 10.8 Å². The first-order valence-electron chi connectivity index (χ1n) is 5.51. The topological polar surface area (TPSA) is 73.2 Å². The Morgan fingerprint density at radius 2 is 2.24 bits per heavy atom. The van der Waals surface area contributed by atoms with Gasteiger partial charge in [0, 0.05) is 31.9 Å². The first kappa shape index (κ1) is 13.2. The molecule has 0 saturated carbocycles. The molecule has 0 aromatic carbocycles. The maximum atomic E-state index is 11.3. The number of carbonyl (C=O) groups excluding carboxylic acids is 2. The molecule has 0 aliphatic rings. The van der Waals surface area contributed by atoms with Crippen molar-refractivity contribution in [2.75, 3.05) is 13.7 Å². The van der Waals surface area contributed by atoms with Crippen LogP contribution in [0.5, 0.6) is 0 Å². The minimum Gasteiger partial charge on any atom is -0.469 e. The summed E-state index contributed by atoms with van der Waals surface area (Å²) in [5.74, 6) is -0.486. The minimum atomic E-state index is -0.362. The third-order valence-electron chi connectivity index (χ3n) is 2.26. The SMILES string of the molecule is COC(=O)CCC(=O)NCCCn1ccnc1. The molecule has 6 heteroatoms. The number of esters is 1. The summed E-state index contributed by atoms with van der Waals surface area (Å²) >= 11 is 0. The van der Waals surface area contributed by atoms with Gasteiger partial charge in [-0.3, -0.25) is 9.59 Å². The molecule has 0 unspecified atom stereocenters. The van der Waals surface area contributed by atoms with Gasteiger partial charge in [0.15, 0.2) is 0 Å². The molecular formula is C11H17N3O3. The lowest BCUT2D eigenvalue weighted by Gasteiger charge is -2.05. The predicted octanol–water partition coefficient (Wildman–Crippen LogP) is 0.343. The first-order valence-corrected chi connectivity index (χ1v) is 5.51. The molecule has 0 bridgehead atoms. The molecule has 1 aromatic rings. The third-order valence-corrected chi connectivity index (χ3v) is 2.26. The summed E-state index contributed by atoms with van der Waals surface area (Å²) in [6, 6.07) is 0. The number of rotatable bonds is 7. The van der Waals surface area contributed by atoms with Crippen molar-refractivity contribution in [2.24, 2.45) is 0 Å². The Labute approximate surface area is 100.0 Å². The summed E-state index contributed by atoms with van der Waals surface area (Å²) in [5.41, 5.74) is 0. The fourth-order valence-corrected chi connectivity index (χ4v) is 1.31. The number of hydrogen-bond donors (Lipinski definition) is 1. The zero-order valence-electron chi connectivity index (χ0n) is 9.89. The lowest BCUT2D eigenvalue weighted by molar-refractivity contribution is -0.142. The summed E-state index contributed by atoms with van der Waals surface area (Å²) in [6.07, 6.45) is 6.47. The summed E-state index contributed by atoms with van der Waals surface area (Å²) in [6.45, 7) is 1.41. The Kier molecular flexibility index (Phi) is 5.77. The fraction of sp³-hybridized carbons (Fsp3) is 0.545. The Balaban J connectivity index is 2.02. The monoisotopic (exact) mass is 239 g/mol. The lowest BCUT2D eigenvalue weighted by Crippen LogP contribution is -2.25. The van der Waals surface area contributed by atoms with Crippen LogP contribution in [-0.2, 0) is 20.9 Å². The van der Waals surface area contributed by atoms with Crippen LogP contribution in [0, 0.1) is 0 Å². The van der Waals surface area contributed by atoms with E-state index in [0.29, 0.717) is 6.54 Å². The van der Waals surface area contributed by atoms with Crippen molar-refractivity contribution in [1.82, 2.24) is 14.9 Å². The molecule has 0 fully saturated rings. The second-order valence-corrected chi connectivity index (χ2v) is 3.58. The van der Waals surface area contributed by atoms with Crippen molar-refractivity contribution >= 4 is 11.9 Å². The average Bonchev–Trinajstić information content (AvgIpc) is 2.84. The molecule has 1 aromatic heterocycles. The van der Waals surface area contributed by atoms with E-state index in [4.69, 9.17) is 0 Å². The molecule has 0 spiro atoms. The van der Waals surface area contributed by atoms with Gasteiger partial charge in [-0.15, -0.1) is 0 Å². The molecule has 1 amide bonds. The van der Waals surface area contributed by atoms with Gasteiger partial charge in [-0.1, -0.05) is 0 Å². The number of imidazole rings is 1. The largest absolute Gasteiger partial charge is 0.469 e. The minimum absolute atomic E-state index is 0.124. The van der Waals surface area contributed by atoms with Crippen molar-refractivity contribution in [3.8, 4) is 0 Å². The van der Waals surface area contributed by atoms with Crippen LogP contribution in [0.3, 0.4) is 0 Å². The number of nitrogens with zero attached hydrogens (tertiary/aromatic N) is 2. The molecular weight excluding hydrogens is 222 g/mol. The number of carbonyl (C=O) groups is 2. The van der Waals surface area contributed by atoms with Crippen molar-refractivity contribution in [3.05, 3.63) is 18.7 Å². The van der Waals surface area contributed by atoms with Gasteiger partial charge < -0.3 is 14.6 Å². The number of nitrogens with one attached hydrogen (secondary N) is 1. The second-order valence-electron chi connectivity index (χ2n) is 3.58. The van der Waals surface area contributed by atoms with Gasteiger partial charge in [-0.25, -0.2) is 4.98 Å². The number of amides is 1. The van der Waals surface area contributed by atoms with Gasteiger partial charge in [0.1, 0.15) is 0 Å². The van der Waals surface area contributed by atoms with Crippen LogP contribution in [0.1, 0.15) is 19.3 Å². The van der Waals surface area contributed by atoms with Gasteiger partial charge in [-0.05, 0) is 6.42 Å². The summed E-state index contributed by atoms with van der Waals surface area (Å²) in [7, 11) is 1.31. The van der Waals surface area contributed by atoms with E-state index in [1.54, 1.807) is 12.5 Å². The molecule has 1 N–H and O–H groups in total. The maximum absolute atomic E-state index is 11.3. The zero-order valence-corrected chi connectivity index (χ0v) is 9.89. The molecule has 94 valence electrons. The van der Waals surface area contributed by atoms with Crippen molar-refractivity contribution in [1.29, 1.82) is 0 Å². The van der Waals surface area contributed by atoms with Crippen molar-refractivity contribution in [3.63, 3.8) is 0 Å². The van der Waals surface area contributed by atoms with Crippen LogP contribution in [0.2, 0.25) is 0 Å². The molecule has 0 atom stereocenters. The van der Waals surface area contributed by atoms with Crippen LogP contribution in [0.15, 0.2) is 18.7 Å². The number of ether oxygens (including phenoxy) is 1. The number of methoxy groups -OCH3 is 1. The van der Waals surface area contributed by atoms with E-state index in [1.165, 1.54) is 7.11 Å². The molecule has 0 aliphatic carbocycles. The molecule has 17 heavy (non-hydrogen) atoms. The van der Waals surface area contributed by atoms with Gasteiger partial charge in [-0.2, -0.15) is 0 Å². The summed E-state index contributed by atoms with van der Waals surface area (Å²) in [5, 5.41) is 2.74. The van der Waals surface area contributed by atoms with Crippen LogP contribution in [0.25, 0.3) is 0 Å². The Morgan fingerprint density at radius 1 is 1.41 bits per heavy atom. The average molecular weight is 239 g/mol. The normalized spacial score (nSPS) is 9.94. The third kappa shape index (κ3) is 5.70. The number of aromatic nitrogens is 2. The standard InChI is InChI=1S/C11H17N3O3/c1-17-11(16)4-3-10(15)13-5-2-7-14-8-6-12-9-14/h6,8-9H,2-5,7H2,1H3,(H,13,15). The van der Waals surface area contributed by atoms with E-state index >= 15 is 0 Å². The van der Waals surface area contributed by atoms with E-state index in [0.717, 1.165) is 13.0 Å². The Morgan fingerprint density at radius 3 is 2.88 bits per heavy atom. The number of aryl methyl sites for hydroxylation is 1. The van der Waals surface area contributed by atoms with Crippen LogP contribution in [-0.4, -0.2) is 35.1 Å². The maximum Gasteiger partial charge on any atom is 0.306 e.